The monoisotopic (exact) mass is 322 g/mol. The first-order chi connectivity index (χ1) is 11.4. The minimum Gasteiger partial charge on any atom is -0.508 e. The van der Waals surface area contributed by atoms with Gasteiger partial charge in [0.1, 0.15) is 23.0 Å². The van der Waals surface area contributed by atoms with E-state index >= 15 is 0 Å². The molecule has 0 spiro atoms. The number of rotatable bonds is 2. The van der Waals surface area contributed by atoms with Crippen molar-refractivity contribution in [1.29, 1.82) is 0 Å². The normalized spacial score (nSPS) is 10.8. The minimum absolute atomic E-state index is 0.0315. The lowest BCUT2D eigenvalue weighted by Gasteiger charge is -2.14. The third kappa shape index (κ3) is 2.74. The third-order valence-electron chi connectivity index (χ3n) is 4.11. The van der Waals surface area contributed by atoms with Crippen LogP contribution >= 0.6 is 0 Å². The van der Waals surface area contributed by atoms with E-state index in [1.807, 2.05) is 13.8 Å². The molecule has 0 amide bonds. The van der Waals surface area contributed by atoms with Gasteiger partial charge in [-0.3, -0.25) is 0 Å². The van der Waals surface area contributed by atoms with Gasteiger partial charge < -0.3 is 20.4 Å². The van der Waals surface area contributed by atoms with E-state index in [4.69, 9.17) is 0 Å². The predicted octanol–water partition coefficient (Wildman–Crippen LogP) is 4.46. The summed E-state index contributed by atoms with van der Waals surface area (Å²) in [6.45, 7) is 3.65. The van der Waals surface area contributed by atoms with Crippen molar-refractivity contribution in [1.82, 2.24) is 0 Å². The molecular weight excluding hydrogens is 304 g/mol. The maximum atomic E-state index is 10.4. The van der Waals surface area contributed by atoms with Crippen molar-refractivity contribution in [3.05, 3.63) is 59.7 Å². The summed E-state index contributed by atoms with van der Waals surface area (Å²) in [5, 5.41) is 39.9. The van der Waals surface area contributed by atoms with Gasteiger partial charge >= 0.3 is 0 Å². The Bertz CT molecular complexity index is 852. The van der Waals surface area contributed by atoms with Gasteiger partial charge in [0, 0.05) is 11.1 Å². The maximum absolute atomic E-state index is 10.4. The summed E-state index contributed by atoms with van der Waals surface area (Å²) in [6, 6.07) is 12.7. The van der Waals surface area contributed by atoms with Gasteiger partial charge in [0.05, 0.1) is 0 Å². The molecule has 0 aliphatic heterocycles. The molecule has 3 aromatic rings. The first-order valence-corrected chi connectivity index (χ1v) is 7.53. The minimum atomic E-state index is 0.0315. The quantitative estimate of drug-likeness (QED) is 0.525. The molecule has 0 bridgehead atoms. The molecule has 122 valence electrons. The van der Waals surface area contributed by atoms with E-state index in [0.29, 0.717) is 11.1 Å². The zero-order valence-electron chi connectivity index (χ0n) is 13.4. The fourth-order valence-corrected chi connectivity index (χ4v) is 2.91. The highest BCUT2D eigenvalue weighted by Gasteiger charge is 2.15. The molecule has 0 fully saturated rings. The Kier molecular flexibility index (Phi) is 3.81. The van der Waals surface area contributed by atoms with Gasteiger partial charge in [0.15, 0.2) is 0 Å². The zero-order chi connectivity index (χ0) is 17.4. The number of aryl methyl sites for hydroxylation is 2. The van der Waals surface area contributed by atoms with Crippen molar-refractivity contribution in [3.63, 3.8) is 0 Å². The largest absolute Gasteiger partial charge is 0.508 e. The summed E-state index contributed by atoms with van der Waals surface area (Å²) in [6.07, 6.45) is 0. The molecule has 0 aromatic heterocycles. The van der Waals surface area contributed by atoms with Crippen LogP contribution in [-0.4, -0.2) is 20.4 Å². The second-order valence-electron chi connectivity index (χ2n) is 5.88. The molecule has 3 rings (SSSR count). The number of benzene rings is 3. The lowest BCUT2D eigenvalue weighted by Crippen LogP contribution is -1.88. The predicted molar refractivity (Wildman–Crippen MR) is 93.4 cm³/mol. The Morgan fingerprint density at radius 1 is 0.500 bits per heavy atom. The number of hydrogen-bond donors (Lipinski definition) is 4. The molecular formula is C20H18O4. The number of aromatic hydroxyl groups is 4. The van der Waals surface area contributed by atoms with Crippen LogP contribution in [0.4, 0.5) is 0 Å². The fourth-order valence-electron chi connectivity index (χ4n) is 2.91. The van der Waals surface area contributed by atoms with Crippen LogP contribution < -0.4 is 0 Å². The van der Waals surface area contributed by atoms with E-state index < -0.39 is 0 Å². The second kappa shape index (κ2) is 5.81. The van der Waals surface area contributed by atoms with Crippen molar-refractivity contribution in [2.45, 2.75) is 13.8 Å². The summed E-state index contributed by atoms with van der Waals surface area (Å²) < 4.78 is 0. The smallest absolute Gasteiger partial charge is 0.124 e. The standard InChI is InChI=1S/C20H18O4/c1-11-7-13(21)3-5-15(11)17-9-20(24)18(10-19(17)23)16-6-4-14(22)8-12(16)2/h3-10,21-24H,1-2H3. The molecule has 4 heteroatoms. The van der Waals surface area contributed by atoms with Crippen LogP contribution in [0.2, 0.25) is 0 Å². The molecule has 0 aliphatic carbocycles. The maximum Gasteiger partial charge on any atom is 0.124 e. The highest BCUT2D eigenvalue weighted by atomic mass is 16.3. The molecule has 0 heterocycles. The van der Waals surface area contributed by atoms with E-state index in [-0.39, 0.29) is 23.0 Å². The summed E-state index contributed by atoms with van der Waals surface area (Å²) in [4.78, 5) is 0. The number of phenolic OH excluding ortho intramolecular Hbond substituents is 4. The SMILES string of the molecule is Cc1cc(O)ccc1-c1cc(O)c(-c2ccc(O)cc2C)cc1O. The van der Waals surface area contributed by atoms with Gasteiger partial charge in [-0.05, 0) is 72.5 Å². The average Bonchev–Trinajstić information content (AvgIpc) is 2.50. The molecule has 24 heavy (non-hydrogen) atoms. The Morgan fingerprint density at radius 2 is 0.875 bits per heavy atom. The van der Waals surface area contributed by atoms with Crippen molar-refractivity contribution in [2.75, 3.05) is 0 Å². The van der Waals surface area contributed by atoms with E-state index in [9.17, 15) is 20.4 Å². The van der Waals surface area contributed by atoms with Crippen LogP contribution in [0.25, 0.3) is 22.3 Å². The van der Waals surface area contributed by atoms with Crippen molar-refractivity contribution in [2.24, 2.45) is 0 Å². The van der Waals surface area contributed by atoms with Gasteiger partial charge in [0.25, 0.3) is 0 Å². The Labute approximate surface area is 139 Å². The molecule has 3 aromatic carbocycles. The topological polar surface area (TPSA) is 80.9 Å². The molecule has 0 saturated heterocycles. The van der Waals surface area contributed by atoms with Crippen molar-refractivity contribution < 1.29 is 20.4 Å². The molecule has 0 aliphatic rings. The Hall–Kier alpha value is -3.14. The fraction of sp³-hybridized carbons (Fsp3) is 0.100. The molecule has 0 atom stereocenters. The molecule has 4 N–H and O–H groups in total. The van der Waals surface area contributed by atoms with Gasteiger partial charge in [-0.25, -0.2) is 0 Å². The molecule has 0 saturated carbocycles. The van der Waals surface area contributed by atoms with Gasteiger partial charge in [0.2, 0.25) is 0 Å². The molecule has 4 nitrogen and oxygen atoms in total. The Morgan fingerprint density at radius 3 is 1.21 bits per heavy atom. The van der Waals surface area contributed by atoms with Crippen LogP contribution in [0, 0.1) is 13.8 Å². The van der Waals surface area contributed by atoms with Crippen LogP contribution in [0.15, 0.2) is 48.5 Å². The first-order valence-electron chi connectivity index (χ1n) is 7.53. The van der Waals surface area contributed by atoms with Crippen LogP contribution in [-0.2, 0) is 0 Å². The van der Waals surface area contributed by atoms with E-state index in [0.717, 1.165) is 22.3 Å². The highest BCUT2D eigenvalue weighted by Crippen LogP contribution is 2.42. The first kappa shape index (κ1) is 15.7. The lowest BCUT2D eigenvalue weighted by molar-refractivity contribution is 0.463. The summed E-state index contributed by atoms with van der Waals surface area (Å²) in [5.74, 6) is 0.362. The van der Waals surface area contributed by atoms with E-state index in [1.54, 1.807) is 24.3 Å². The van der Waals surface area contributed by atoms with Crippen LogP contribution in [0.1, 0.15) is 11.1 Å². The summed E-state index contributed by atoms with van der Waals surface area (Å²) in [7, 11) is 0. The van der Waals surface area contributed by atoms with Crippen molar-refractivity contribution >= 4 is 0 Å². The van der Waals surface area contributed by atoms with Crippen LogP contribution in [0.3, 0.4) is 0 Å². The highest BCUT2D eigenvalue weighted by molar-refractivity contribution is 5.83. The molecule has 0 unspecified atom stereocenters. The van der Waals surface area contributed by atoms with E-state index in [2.05, 4.69) is 0 Å². The summed E-state index contributed by atoms with van der Waals surface area (Å²) >= 11 is 0. The average molecular weight is 322 g/mol. The van der Waals surface area contributed by atoms with Gasteiger partial charge in [-0.2, -0.15) is 0 Å². The number of phenols is 4. The van der Waals surface area contributed by atoms with Crippen molar-refractivity contribution in [3.8, 4) is 45.3 Å². The summed E-state index contributed by atoms with van der Waals surface area (Å²) in [5.41, 5.74) is 4.02. The lowest BCUT2D eigenvalue weighted by atomic mass is 9.94. The van der Waals surface area contributed by atoms with Crippen LogP contribution in [0.5, 0.6) is 23.0 Å². The van der Waals surface area contributed by atoms with Gasteiger partial charge in [-0.15, -0.1) is 0 Å². The van der Waals surface area contributed by atoms with Gasteiger partial charge in [-0.1, -0.05) is 12.1 Å². The third-order valence-corrected chi connectivity index (χ3v) is 4.11. The zero-order valence-corrected chi connectivity index (χ0v) is 13.4. The molecule has 0 radical (unpaired) electrons. The second-order valence-corrected chi connectivity index (χ2v) is 5.88. The van der Waals surface area contributed by atoms with E-state index in [1.165, 1.54) is 24.3 Å². The number of hydrogen-bond acceptors (Lipinski definition) is 4. The Balaban J connectivity index is 2.15.